The van der Waals surface area contributed by atoms with Crippen LogP contribution in [0.2, 0.25) is 5.15 Å². The lowest BCUT2D eigenvalue weighted by Gasteiger charge is -2.37. The van der Waals surface area contributed by atoms with Gasteiger partial charge in [-0.15, -0.1) is 0 Å². The van der Waals surface area contributed by atoms with Crippen LogP contribution in [-0.2, 0) is 6.42 Å². The van der Waals surface area contributed by atoms with Crippen LogP contribution in [0.3, 0.4) is 0 Å². The molecule has 2 rings (SSSR count). The van der Waals surface area contributed by atoms with Crippen molar-refractivity contribution in [2.45, 2.75) is 12.5 Å². The average Bonchev–Trinajstić information content (AvgIpc) is 2.24. The van der Waals surface area contributed by atoms with Gasteiger partial charge >= 0.3 is 0 Å². The Morgan fingerprint density at radius 3 is 3.00 bits per heavy atom. The molecule has 4 nitrogen and oxygen atoms in total. The maximum Gasteiger partial charge on any atom is 0.132 e. The van der Waals surface area contributed by atoms with E-state index < -0.39 is 0 Å². The fraction of sp³-hybridized carbons (Fsp3) is 0.636. The van der Waals surface area contributed by atoms with Gasteiger partial charge in [-0.1, -0.05) is 11.6 Å². The van der Waals surface area contributed by atoms with E-state index in [1.54, 1.807) is 12.3 Å². The second-order valence-corrected chi connectivity index (χ2v) is 4.78. The highest BCUT2D eigenvalue weighted by Crippen LogP contribution is 2.11. The standard InChI is InChI=1S/C11H17ClN4/c1-15-5-6-16(2)9(8-15)7-11-13-4-3-10(12)14-11/h3-4,9H,5-8H2,1-2H3. The predicted octanol–water partition coefficient (Wildman–Crippen LogP) is 0.918. The van der Waals surface area contributed by atoms with Crippen LogP contribution in [0.4, 0.5) is 0 Å². The van der Waals surface area contributed by atoms with E-state index in [2.05, 4.69) is 33.9 Å². The van der Waals surface area contributed by atoms with Gasteiger partial charge in [0.15, 0.2) is 0 Å². The summed E-state index contributed by atoms with van der Waals surface area (Å²) in [5.74, 6) is 0.833. The van der Waals surface area contributed by atoms with Crippen LogP contribution in [0.5, 0.6) is 0 Å². The molecule has 0 saturated carbocycles. The minimum atomic E-state index is 0.484. The summed E-state index contributed by atoms with van der Waals surface area (Å²) in [5, 5.41) is 0.525. The number of nitrogens with zero attached hydrogens (tertiary/aromatic N) is 4. The fourth-order valence-electron chi connectivity index (χ4n) is 2.01. The summed E-state index contributed by atoms with van der Waals surface area (Å²) in [6, 6.07) is 2.19. The highest BCUT2D eigenvalue weighted by molar-refractivity contribution is 6.29. The molecule has 1 aliphatic heterocycles. The minimum Gasteiger partial charge on any atom is -0.304 e. The van der Waals surface area contributed by atoms with Crippen molar-refractivity contribution in [3.63, 3.8) is 0 Å². The molecule has 0 spiro atoms. The molecule has 1 unspecified atom stereocenters. The number of aromatic nitrogens is 2. The molecule has 0 aliphatic carbocycles. The van der Waals surface area contributed by atoms with E-state index in [0.717, 1.165) is 31.9 Å². The maximum atomic E-state index is 5.85. The Hall–Kier alpha value is -0.710. The molecule has 1 fully saturated rings. The van der Waals surface area contributed by atoms with E-state index >= 15 is 0 Å². The molecule has 1 aromatic heterocycles. The molecular formula is C11H17ClN4. The lowest BCUT2D eigenvalue weighted by Crippen LogP contribution is -2.50. The van der Waals surface area contributed by atoms with Crippen LogP contribution in [0, 0.1) is 0 Å². The molecule has 1 atom stereocenters. The lowest BCUT2D eigenvalue weighted by molar-refractivity contribution is 0.113. The van der Waals surface area contributed by atoms with Crippen molar-refractivity contribution < 1.29 is 0 Å². The summed E-state index contributed by atoms with van der Waals surface area (Å²) in [5.41, 5.74) is 0. The fourth-order valence-corrected chi connectivity index (χ4v) is 2.16. The number of hydrogen-bond donors (Lipinski definition) is 0. The first-order valence-electron chi connectivity index (χ1n) is 5.51. The third-order valence-corrected chi connectivity index (χ3v) is 3.28. The summed E-state index contributed by atoms with van der Waals surface area (Å²) in [4.78, 5) is 13.2. The van der Waals surface area contributed by atoms with E-state index in [1.807, 2.05) is 0 Å². The summed E-state index contributed by atoms with van der Waals surface area (Å²) in [7, 11) is 4.31. The van der Waals surface area contributed by atoms with Gasteiger partial charge < -0.3 is 9.80 Å². The van der Waals surface area contributed by atoms with Gasteiger partial charge in [0.25, 0.3) is 0 Å². The Morgan fingerprint density at radius 2 is 2.25 bits per heavy atom. The molecule has 16 heavy (non-hydrogen) atoms. The molecule has 0 amide bonds. The molecule has 1 aromatic rings. The van der Waals surface area contributed by atoms with E-state index in [-0.39, 0.29) is 0 Å². The molecule has 0 N–H and O–H groups in total. The quantitative estimate of drug-likeness (QED) is 0.720. The van der Waals surface area contributed by atoms with E-state index in [4.69, 9.17) is 11.6 Å². The molecule has 0 radical (unpaired) electrons. The van der Waals surface area contributed by atoms with Gasteiger partial charge in [0.05, 0.1) is 0 Å². The summed E-state index contributed by atoms with van der Waals surface area (Å²) in [6.07, 6.45) is 2.58. The number of hydrogen-bond acceptors (Lipinski definition) is 4. The monoisotopic (exact) mass is 240 g/mol. The van der Waals surface area contributed by atoms with E-state index in [1.165, 1.54) is 0 Å². The Kier molecular flexibility index (Phi) is 3.74. The van der Waals surface area contributed by atoms with E-state index in [9.17, 15) is 0 Å². The summed E-state index contributed by atoms with van der Waals surface area (Å²) < 4.78 is 0. The van der Waals surface area contributed by atoms with Crippen molar-refractivity contribution in [3.8, 4) is 0 Å². The Balaban J connectivity index is 2.02. The van der Waals surface area contributed by atoms with Gasteiger partial charge in [-0.05, 0) is 20.2 Å². The van der Waals surface area contributed by atoms with Gasteiger partial charge in [-0.3, -0.25) is 0 Å². The highest BCUT2D eigenvalue weighted by atomic mass is 35.5. The van der Waals surface area contributed by atoms with Gasteiger partial charge in [-0.2, -0.15) is 0 Å². The highest BCUT2D eigenvalue weighted by Gasteiger charge is 2.23. The zero-order valence-corrected chi connectivity index (χ0v) is 10.5. The largest absolute Gasteiger partial charge is 0.304 e. The third kappa shape index (κ3) is 2.90. The first-order chi connectivity index (χ1) is 7.65. The Bertz CT molecular complexity index is 358. The molecule has 1 saturated heterocycles. The van der Waals surface area contributed by atoms with E-state index in [0.29, 0.717) is 11.2 Å². The minimum absolute atomic E-state index is 0.484. The second-order valence-electron chi connectivity index (χ2n) is 4.40. The number of rotatable bonds is 2. The van der Waals surface area contributed by atoms with Crippen molar-refractivity contribution in [2.24, 2.45) is 0 Å². The van der Waals surface area contributed by atoms with Crippen LogP contribution < -0.4 is 0 Å². The summed E-state index contributed by atoms with van der Waals surface area (Å²) >= 11 is 5.85. The van der Waals surface area contributed by atoms with Gasteiger partial charge in [-0.25, -0.2) is 9.97 Å². The maximum absolute atomic E-state index is 5.85. The SMILES string of the molecule is CN1CCN(C)C(Cc2nccc(Cl)n2)C1. The predicted molar refractivity (Wildman–Crippen MR) is 64.7 cm³/mol. The van der Waals surface area contributed by atoms with Crippen molar-refractivity contribution in [3.05, 3.63) is 23.2 Å². The van der Waals surface area contributed by atoms with Crippen molar-refractivity contribution >= 4 is 11.6 Å². The third-order valence-electron chi connectivity index (χ3n) is 3.07. The molecular weight excluding hydrogens is 224 g/mol. The second kappa shape index (κ2) is 5.08. The van der Waals surface area contributed by atoms with Gasteiger partial charge in [0, 0.05) is 38.3 Å². The number of halogens is 1. The average molecular weight is 241 g/mol. The number of piperazine rings is 1. The molecule has 88 valence electrons. The topological polar surface area (TPSA) is 32.3 Å². The molecule has 2 heterocycles. The first-order valence-corrected chi connectivity index (χ1v) is 5.89. The van der Waals surface area contributed by atoms with Gasteiger partial charge in [0.1, 0.15) is 11.0 Å². The van der Waals surface area contributed by atoms with Crippen LogP contribution >= 0.6 is 11.6 Å². The molecule has 5 heteroatoms. The molecule has 1 aliphatic rings. The van der Waals surface area contributed by atoms with Crippen LogP contribution in [0.25, 0.3) is 0 Å². The lowest BCUT2D eigenvalue weighted by atomic mass is 10.1. The van der Waals surface area contributed by atoms with Crippen LogP contribution in [0.1, 0.15) is 5.82 Å². The summed E-state index contributed by atoms with van der Waals surface area (Å²) in [6.45, 7) is 3.29. The number of likely N-dealkylation sites (N-methyl/N-ethyl adjacent to an activating group) is 2. The molecule has 0 aromatic carbocycles. The Morgan fingerprint density at radius 1 is 1.44 bits per heavy atom. The zero-order valence-electron chi connectivity index (χ0n) is 9.73. The van der Waals surface area contributed by atoms with Crippen molar-refractivity contribution in [1.82, 2.24) is 19.8 Å². The smallest absolute Gasteiger partial charge is 0.132 e. The normalized spacial score (nSPS) is 23.6. The Labute approximate surface area is 101 Å². The molecule has 0 bridgehead atoms. The first kappa shape index (κ1) is 11.8. The van der Waals surface area contributed by atoms with Crippen molar-refractivity contribution in [1.29, 1.82) is 0 Å². The van der Waals surface area contributed by atoms with Gasteiger partial charge in [0.2, 0.25) is 0 Å². The van der Waals surface area contributed by atoms with Crippen LogP contribution in [0.15, 0.2) is 12.3 Å². The zero-order chi connectivity index (χ0) is 11.5. The van der Waals surface area contributed by atoms with Crippen LogP contribution in [-0.4, -0.2) is 59.5 Å². The van der Waals surface area contributed by atoms with Crippen molar-refractivity contribution in [2.75, 3.05) is 33.7 Å².